The zero-order valence-corrected chi connectivity index (χ0v) is 18.5. The van der Waals surface area contributed by atoms with Crippen LogP contribution in [0, 0.1) is 6.92 Å². The van der Waals surface area contributed by atoms with E-state index in [1.165, 1.54) is 5.56 Å². The van der Waals surface area contributed by atoms with E-state index in [2.05, 4.69) is 23.5 Å². The first kappa shape index (κ1) is 23.0. The van der Waals surface area contributed by atoms with Crippen molar-refractivity contribution in [2.45, 2.75) is 52.0 Å². The highest BCUT2D eigenvalue weighted by Crippen LogP contribution is 2.17. The Labute approximate surface area is 179 Å². The molecule has 4 nitrogen and oxygen atoms in total. The highest BCUT2D eigenvalue weighted by Gasteiger charge is 2.27. The molecule has 0 aliphatic heterocycles. The van der Waals surface area contributed by atoms with Crippen LogP contribution in [0.15, 0.2) is 54.6 Å². The SMILES string of the molecule is CCNC(=O)[C@H](CC)N(Cc1cccc(C)c1)C(=O)CCSCc1ccccc1. The van der Waals surface area contributed by atoms with E-state index in [4.69, 9.17) is 0 Å². The van der Waals surface area contributed by atoms with Gasteiger partial charge < -0.3 is 10.2 Å². The van der Waals surface area contributed by atoms with Gasteiger partial charge in [0.1, 0.15) is 6.04 Å². The largest absolute Gasteiger partial charge is 0.355 e. The summed E-state index contributed by atoms with van der Waals surface area (Å²) in [6.07, 6.45) is 1.03. The lowest BCUT2D eigenvalue weighted by Crippen LogP contribution is -2.49. The van der Waals surface area contributed by atoms with Gasteiger partial charge in [0.2, 0.25) is 11.8 Å². The second-order valence-corrected chi connectivity index (χ2v) is 8.22. The molecule has 0 aliphatic carbocycles. The van der Waals surface area contributed by atoms with Crippen LogP contribution in [0.3, 0.4) is 0 Å². The number of amides is 2. The molecule has 29 heavy (non-hydrogen) atoms. The van der Waals surface area contributed by atoms with Gasteiger partial charge in [0, 0.05) is 31.0 Å². The molecule has 0 bridgehead atoms. The summed E-state index contributed by atoms with van der Waals surface area (Å²) in [4.78, 5) is 27.4. The van der Waals surface area contributed by atoms with Crippen molar-refractivity contribution in [3.8, 4) is 0 Å². The predicted molar refractivity (Wildman–Crippen MR) is 122 cm³/mol. The van der Waals surface area contributed by atoms with Crippen molar-refractivity contribution in [2.75, 3.05) is 12.3 Å². The van der Waals surface area contributed by atoms with E-state index in [-0.39, 0.29) is 11.8 Å². The Balaban J connectivity index is 2.03. The maximum absolute atomic E-state index is 13.1. The maximum Gasteiger partial charge on any atom is 0.242 e. The van der Waals surface area contributed by atoms with Gasteiger partial charge in [0.05, 0.1) is 0 Å². The van der Waals surface area contributed by atoms with Crippen LogP contribution in [0.2, 0.25) is 0 Å². The van der Waals surface area contributed by atoms with Crippen LogP contribution in [0.25, 0.3) is 0 Å². The van der Waals surface area contributed by atoms with Crippen LogP contribution in [-0.2, 0) is 21.9 Å². The van der Waals surface area contributed by atoms with Crippen LogP contribution >= 0.6 is 11.8 Å². The molecule has 0 radical (unpaired) electrons. The van der Waals surface area contributed by atoms with Crippen molar-refractivity contribution in [1.82, 2.24) is 10.2 Å². The summed E-state index contributed by atoms with van der Waals surface area (Å²) in [5.74, 6) is 1.58. The molecule has 2 aromatic rings. The van der Waals surface area contributed by atoms with Crippen LogP contribution < -0.4 is 5.32 Å². The van der Waals surface area contributed by atoms with Crippen molar-refractivity contribution in [2.24, 2.45) is 0 Å². The van der Waals surface area contributed by atoms with Gasteiger partial charge in [-0.25, -0.2) is 0 Å². The van der Waals surface area contributed by atoms with Gasteiger partial charge in [-0.05, 0) is 31.4 Å². The standard InChI is InChI=1S/C24H32N2O2S/c1-4-22(24(28)25-5-2)26(17-21-13-9-10-19(3)16-21)23(27)14-15-29-18-20-11-7-6-8-12-20/h6-13,16,22H,4-5,14-15,17-18H2,1-3H3,(H,25,28)/t22-/m0/s1. The van der Waals surface area contributed by atoms with Crippen LogP contribution in [-0.4, -0.2) is 35.1 Å². The summed E-state index contributed by atoms with van der Waals surface area (Å²) in [7, 11) is 0. The van der Waals surface area contributed by atoms with E-state index >= 15 is 0 Å². The second kappa shape index (κ2) is 12.3. The number of carbonyl (C=O) groups excluding carboxylic acids is 2. The molecule has 2 rings (SSSR count). The van der Waals surface area contributed by atoms with Gasteiger partial charge in [-0.3, -0.25) is 9.59 Å². The number of likely N-dealkylation sites (N-methyl/N-ethyl adjacent to an activating group) is 1. The van der Waals surface area contributed by atoms with E-state index in [0.717, 1.165) is 22.6 Å². The Morgan fingerprint density at radius 3 is 2.41 bits per heavy atom. The number of hydrogen-bond donors (Lipinski definition) is 1. The number of thioether (sulfide) groups is 1. The van der Waals surface area contributed by atoms with Crippen LogP contribution in [0.5, 0.6) is 0 Å². The molecule has 0 saturated heterocycles. The fraction of sp³-hybridized carbons (Fsp3) is 0.417. The van der Waals surface area contributed by atoms with Gasteiger partial charge >= 0.3 is 0 Å². The Bertz CT molecular complexity index is 779. The molecule has 0 heterocycles. The Morgan fingerprint density at radius 1 is 1.03 bits per heavy atom. The highest BCUT2D eigenvalue weighted by atomic mass is 32.2. The summed E-state index contributed by atoms with van der Waals surface area (Å²) in [5, 5.41) is 2.88. The third kappa shape index (κ3) is 7.58. The number of carbonyl (C=O) groups is 2. The Hall–Kier alpha value is -2.27. The van der Waals surface area contributed by atoms with Gasteiger partial charge in [-0.15, -0.1) is 0 Å². The summed E-state index contributed by atoms with van der Waals surface area (Å²) < 4.78 is 0. The fourth-order valence-corrected chi connectivity index (χ4v) is 4.18. The van der Waals surface area contributed by atoms with E-state index in [0.29, 0.717) is 25.9 Å². The molecule has 2 amide bonds. The van der Waals surface area contributed by atoms with Crippen molar-refractivity contribution in [3.05, 3.63) is 71.3 Å². The van der Waals surface area contributed by atoms with Crippen LogP contribution in [0.4, 0.5) is 0 Å². The molecule has 0 saturated carbocycles. The third-order valence-corrected chi connectivity index (χ3v) is 5.77. The number of benzene rings is 2. The van der Waals surface area contributed by atoms with Gasteiger partial charge in [0.15, 0.2) is 0 Å². The predicted octanol–water partition coefficient (Wildman–Crippen LogP) is 4.56. The molecule has 156 valence electrons. The molecule has 0 fully saturated rings. The minimum Gasteiger partial charge on any atom is -0.355 e. The fourth-order valence-electron chi connectivity index (χ4n) is 3.29. The topological polar surface area (TPSA) is 49.4 Å². The quantitative estimate of drug-likeness (QED) is 0.550. The van der Waals surface area contributed by atoms with E-state index in [1.807, 2.05) is 57.2 Å². The lowest BCUT2D eigenvalue weighted by Gasteiger charge is -2.30. The van der Waals surface area contributed by atoms with Crippen molar-refractivity contribution < 1.29 is 9.59 Å². The summed E-state index contributed by atoms with van der Waals surface area (Å²) >= 11 is 1.75. The van der Waals surface area contributed by atoms with Crippen molar-refractivity contribution in [1.29, 1.82) is 0 Å². The van der Waals surface area contributed by atoms with Crippen LogP contribution in [0.1, 0.15) is 43.4 Å². The van der Waals surface area contributed by atoms with Gasteiger partial charge in [0.25, 0.3) is 0 Å². The lowest BCUT2D eigenvalue weighted by molar-refractivity contribution is -0.141. The first-order valence-corrected chi connectivity index (χ1v) is 11.4. The Morgan fingerprint density at radius 2 is 1.76 bits per heavy atom. The second-order valence-electron chi connectivity index (χ2n) is 7.12. The highest BCUT2D eigenvalue weighted by molar-refractivity contribution is 7.98. The average Bonchev–Trinajstić information content (AvgIpc) is 2.72. The molecular formula is C24H32N2O2S. The third-order valence-electron chi connectivity index (χ3n) is 4.74. The minimum atomic E-state index is -0.443. The number of nitrogens with one attached hydrogen (secondary N) is 1. The maximum atomic E-state index is 13.1. The normalized spacial score (nSPS) is 11.7. The molecule has 0 aromatic heterocycles. The summed E-state index contributed by atoms with van der Waals surface area (Å²) in [5.41, 5.74) is 3.47. The summed E-state index contributed by atoms with van der Waals surface area (Å²) in [6, 6.07) is 18.0. The Kier molecular flexibility index (Phi) is 9.78. The molecule has 5 heteroatoms. The monoisotopic (exact) mass is 412 g/mol. The first-order chi connectivity index (χ1) is 14.0. The molecule has 1 N–H and O–H groups in total. The smallest absolute Gasteiger partial charge is 0.242 e. The van der Waals surface area contributed by atoms with Crippen molar-refractivity contribution in [3.63, 3.8) is 0 Å². The number of nitrogens with zero attached hydrogens (tertiary/aromatic N) is 1. The zero-order chi connectivity index (χ0) is 21.1. The first-order valence-electron chi connectivity index (χ1n) is 10.3. The molecule has 0 unspecified atom stereocenters. The number of hydrogen-bond acceptors (Lipinski definition) is 3. The summed E-state index contributed by atoms with van der Waals surface area (Å²) in [6.45, 7) is 6.92. The average molecular weight is 413 g/mol. The van der Waals surface area contributed by atoms with E-state index in [1.54, 1.807) is 16.7 Å². The van der Waals surface area contributed by atoms with Gasteiger partial charge in [-0.2, -0.15) is 11.8 Å². The zero-order valence-electron chi connectivity index (χ0n) is 17.7. The number of aryl methyl sites for hydroxylation is 1. The molecule has 1 atom stereocenters. The van der Waals surface area contributed by atoms with E-state index < -0.39 is 6.04 Å². The number of rotatable bonds is 11. The molecule has 0 aliphatic rings. The lowest BCUT2D eigenvalue weighted by atomic mass is 10.1. The molecule has 2 aromatic carbocycles. The minimum absolute atomic E-state index is 0.0326. The van der Waals surface area contributed by atoms with Crippen molar-refractivity contribution >= 4 is 23.6 Å². The van der Waals surface area contributed by atoms with E-state index in [9.17, 15) is 9.59 Å². The van der Waals surface area contributed by atoms with Gasteiger partial charge in [-0.1, -0.05) is 67.1 Å². The molecule has 0 spiro atoms. The molecular weight excluding hydrogens is 380 g/mol.